The van der Waals surface area contributed by atoms with Crippen LogP contribution in [0.25, 0.3) is 11.0 Å². The monoisotopic (exact) mass is 672 g/mol. The molecule has 0 radical (unpaired) electrons. The molecule has 3 heterocycles. The number of fused-ring (bicyclic) bond motifs is 1. The molecular formula is C39H40N6O5. The Hall–Kier alpha value is -5.89. The van der Waals surface area contributed by atoms with Crippen LogP contribution in [0.5, 0.6) is 0 Å². The first-order valence-electron chi connectivity index (χ1n) is 17.0. The summed E-state index contributed by atoms with van der Waals surface area (Å²) >= 11 is 0. The van der Waals surface area contributed by atoms with Gasteiger partial charge in [0.1, 0.15) is 34.8 Å². The van der Waals surface area contributed by atoms with E-state index in [2.05, 4.69) is 22.0 Å². The van der Waals surface area contributed by atoms with E-state index in [1.807, 2.05) is 49.4 Å². The Morgan fingerprint density at radius 1 is 0.900 bits per heavy atom. The zero-order valence-electron chi connectivity index (χ0n) is 28.0. The Balaban J connectivity index is 1.26. The number of anilines is 1. The Kier molecular flexibility index (Phi) is 10.6. The van der Waals surface area contributed by atoms with E-state index >= 15 is 0 Å². The van der Waals surface area contributed by atoms with Crippen molar-refractivity contribution >= 4 is 40.2 Å². The number of carbonyl (C=O) groups excluding carboxylic acids is 4. The highest BCUT2D eigenvalue weighted by Gasteiger charge is 2.32. The maximum absolute atomic E-state index is 13.9. The molecule has 2 aliphatic rings. The summed E-state index contributed by atoms with van der Waals surface area (Å²) in [5.41, 5.74) is 2.56. The van der Waals surface area contributed by atoms with Crippen molar-refractivity contribution in [3.63, 3.8) is 0 Å². The second-order valence-corrected chi connectivity index (χ2v) is 12.7. The van der Waals surface area contributed by atoms with Gasteiger partial charge in [-0.1, -0.05) is 42.5 Å². The van der Waals surface area contributed by atoms with Crippen molar-refractivity contribution < 1.29 is 23.6 Å². The van der Waals surface area contributed by atoms with Gasteiger partial charge >= 0.3 is 0 Å². The van der Waals surface area contributed by atoms with Crippen molar-refractivity contribution in [2.45, 2.75) is 51.6 Å². The number of likely N-dealkylation sites (tertiary alicyclic amines) is 2. The molecule has 3 amide bonds. The zero-order chi connectivity index (χ0) is 35.0. The molecule has 2 aliphatic heterocycles. The normalized spacial score (nSPS) is 16.7. The van der Waals surface area contributed by atoms with Crippen molar-refractivity contribution in [2.24, 2.45) is 0 Å². The molecule has 0 spiro atoms. The fourth-order valence-electron chi connectivity index (χ4n) is 6.39. The summed E-state index contributed by atoms with van der Waals surface area (Å²) in [4.78, 5) is 57.0. The van der Waals surface area contributed by atoms with Crippen molar-refractivity contribution in [2.75, 3.05) is 31.5 Å². The molecule has 2 saturated heterocycles. The van der Waals surface area contributed by atoms with Gasteiger partial charge in [0.25, 0.3) is 5.91 Å². The van der Waals surface area contributed by atoms with Crippen LogP contribution < -0.4 is 16.0 Å². The van der Waals surface area contributed by atoms with Gasteiger partial charge in [-0.05, 0) is 81.0 Å². The summed E-state index contributed by atoms with van der Waals surface area (Å²) in [6.07, 6.45) is 3.83. The van der Waals surface area contributed by atoms with Gasteiger partial charge < -0.3 is 30.2 Å². The topological polar surface area (TPSA) is 148 Å². The van der Waals surface area contributed by atoms with Gasteiger partial charge in [0.2, 0.25) is 17.6 Å². The van der Waals surface area contributed by atoms with Gasteiger partial charge in [0.15, 0.2) is 0 Å². The van der Waals surface area contributed by atoms with Crippen LogP contribution in [0.3, 0.4) is 0 Å². The Bertz CT molecular complexity index is 1950. The van der Waals surface area contributed by atoms with Crippen molar-refractivity contribution in [1.82, 2.24) is 20.4 Å². The fraction of sp³-hybridized carbons (Fsp3) is 0.308. The number of nitrogens with zero attached hydrogens (tertiary/aromatic N) is 3. The Morgan fingerprint density at radius 2 is 1.62 bits per heavy atom. The van der Waals surface area contributed by atoms with Crippen LogP contribution in [0.15, 0.2) is 94.7 Å². The van der Waals surface area contributed by atoms with Gasteiger partial charge in [0.05, 0.1) is 6.54 Å². The third kappa shape index (κ3) is 8.04. The van der Waals surface area contributed by atoms with Crippen LogP contribution in [0.2, 0.25) is 0 Å². The summed E-state index contributed by atoms with van der Waals surface area (Å²) in [6, 6.07) is 24.2. The standard InChI is InChI=1S/C39H40N6O5/c1-26-21-30-22-31(16-17-34(30)50-26)42-37(43-33-11-5-6-20-45(39(33)49)25-35(46)44-18-7-8-19-44)32(23-40)36(47)28-12-14-29(15-13-28)38(48)41-24-27-9-3-2-4-10-27/h2-4,9-10,12-17,21-22,33,42-43H,5-8,11,18-20,24-25H2,1H3,(H,41,48)/t33-/m0/s1. The van der Waals surface area contributed by atoms with Gasteiger partial charge in [-0.2, -0.15) is 5.26 Å². The average molecular weight is 673 g/mol. The molecule has 0 unspecified atom stereocenters. The highest BCUT2D eigenvalue weighted by molar-refractivity contribution is 6.12. The molecule has 0 aliphatic carbocycles. The first-order valence-corrected chi connectivity index (χ1v) is 17.0. The van der Waals surface area contributed by atoms with E-state index in [9.17, 15) is 24.4 Å². The number of ketones is 1. The van der Waals surface area contributed by atoms with Crippen molar-refractivity contribution in [1.29, 1.82) is 5.26 Å². The molecule has 3 aromatic carbocycles. The van der Waals surface area contributed by atoms with Crippen LogP contribution >= 0.6 is 0 Å². The number of hydrogen-bond donors (Lipinski definition) is 3. The largest absolute Gasteiger partial charge is 0.461 e. The van der Waals surface area contributed by atoms with E-state index in [1.54, 1.807) is 34.1 Å². The van der Waals surface area contributed by atoms with Gasteiger partial charge in [-0.15, -0.1) is 0 Å². The van der Waals surface area contributed by atoms with Gasteiger partial charge in [0, 0.05) is 48.4 Å². The lowest BCUT2D eigenvalue weighted by Gasteiger charge is -2.28. The molecule has 3 N–H and O–H groups in total. The third-order valence-corrected chi connectivity index (χ3v) is 9.09. The second-order valence-electron chi connectivity index (χ2n) is 12.7. The first-order chi connectivity index (χ1) is 24.3. The van der Waals surface area contributed by atoms with Gasteiger partial charge in [-0.25, -0.2) is 0 Å². The highest BCUT2D eigenvalue weighted by atomic mass is 16.3. The zero-order valence-corrected chi connectivity index (χ0v) is 28.0. The number of benzene rings is 3. The minimum absolute atomic E-state index is 0.00465. The predicted molar refractivity (Wildman–Crippen MR) is 189 cm³/mol. The van der Waals surface area contributed by atoms with Crippen molar-refractivity contribution in [3.05, 3.63) is 113 Å². The van der Waals surface area contributed by atoms with E-state index in [1.165, 1.54) is 12.1 Å². The number of Topliss-reactive ketones (excluding diaryl/α,β-unsaturated/α-hetero) is 1. The number of allylic oxidation sites excluding steroid dienone is 1. The molecule has 0 bridgehead atoms. The molecule has 1 aromatic heterocycles. The third-order valence-electron chi connectivity index (χ3n) is 9.09. The van der Waals surface area contributed by atoms with Crippen LogP contribution in [0.1, 0.15) is 64.1 Å². The van der Waals surface area contributed by atoms with Crippen LogP contribution in [0.4, 0.5) is 5.69 Å². The maximum Gasteiger partial charge on any atom is 0.251 e. The number of nitriles is 1. The number of aryl methyl sites for hydroxylation is 1. The van der Waals surface area contributed by atoms with E-state index < -0.39 is 11.8 Å². The molecule has 0 saturated carbocycles. The molecule has 256 valence electrons. The van der Waals surface area contributed by atoms with E-state index in [0.717, 1.165) is 42.4 Å². The quantitative estimate of drug-likeness (QED) is 0.111. The molecule has 2 fully saturated rings. The number of furan rings is 1. The fourth-order valence-corrected chi connectivity index (χ4v) is 6.39. The predicted octanol–water partition coefficient (Wildman–Crippen LogP) is 5.29. The average Bonchev–Trinajstić information content (AvgIpc) is 3.77. The van der Waals surface area contributed by atoms with E-state index in [-0.39, 0.29) is 41.2 Å². The van der Waals surface area contributed by atoms with Crippen LogP contribution in [-0.4, -0.2) is 65.5 Å². The number of amides is 3. The molecule has 4 aromatic rings. The summed E-state index contributed by atoms with van der Waals surface area (Å²) < 4.78 is 5.71. The molecular weight excluding hydrogens is 632 g/mol. The first kappa shape index (κ1) is 34.0. The van der Waals surface area contributed by atoms with E-state index in [0.29, 0.717) is 49.4 Å². The number of carbonyl (C=O) groups is 4. The highest BCUT2D eigenvalue weighted by Crippen LogP contribution is 2.25. The lowest BCUT2D eigenvalue weighted by molar-refractivity contribution is -0.140. The lowest BCUT2D eigenvalue weighted by Crippen LogP contribution is -2.49. The molecule has 50 heavy (non-hydrogen) atoms. The van der Waals surface area contributed by atoms with Gasteiger partial charge in [-0.3, -0.25) is 19.2 Å². The SMILES string of the molecule is Cc1cc2cc(NC(N[C@H]3CCCCN(CC(=O)N4CCCC4)C3=O)=C(C#N)C(=O)c3ccc(C(=O)NCc4ccccc4)cc3)ccc2o1. The minimum Gasteiger partial charge on any atom is -0.461 e. The van der Waals surface area contributed by atoms with Crippen LogP contribution in [0, 0.1) is 18.3 Å². The maximum atomic E-state index is 13.9. The minimum atomic E-state index is -0.780. The smallest absolute Gasteiger partial charge is 0.251 e. The number of rotatable bonds is 11. The summed E-state index contributed by atoms with van der Waals surface area (Å²) in [7, 11) is 0. The molecule has 6 rings (SSSR count). The van der Waals surface area contributed by atoms with Crippen molar-refractivity contribution in [3.8, 4) is 6.07 Å². The number of nitrogens with one attached hydrogen (secondary N) is 3. The molecule has 11 heteroatoms. The van der Waals surface area contributed by atoms with Crippen LogP contribution in [-0.2, 0) is 16.1 Å². The summed E-state index contributed by atoms with van der Waals surface area (Å²) in [5.74, 6) is -0.389. The Labute approximate surface area is 290 Å². The Morgan fingerprint density at radius 3 is 2.36 bits per heavy atom. The number of hydrogen-bond acceptors (Lipinski definition) is 8. The second kappa shape index (κ2) is 15.6. The summed E-state index contributed by atoms with van der Waals surface area (Å²) in [5, 5.41) is 20.5. The van der Waals surface area contributed by atoms with E-state index in [4.69, 9.17) is 4.42 Å². The summed E-state index contributed by atoms with van der Waals surface area (Å²) in [6.45, 7) is 4.06. The lowest BCUT2D eigenvalue weighted by atomic mass is 10.0. The molecule has 11 nitrogen and oxygen atoms in total. The molecule has 1 atom stereocenters.